The van der Waals surface area contributed by atoms with Gasteiger partial charge in [-0.25, -0.2) is 14.8 Å². The van der Waals surface area contributed by atoms with Crippen LogP contribution in [-0.4, -0.2) is 59.9 Å². The van der Waals surface area contributed by atoms with Crippen molar-refractivity contribution >= 4 is 22.9 Å². The Hall–Kier alpha value is -2.57. The molecule has 1 saturated heterocycles. The van der Waals surface area contributed by atoms with Crippen molar-refractivity contribution < 1.29 is 14.3 Å². The van der Waals surface area contributed by atoms with Crippen LogP contribution in [0.2, 0.25) is 0 Å². The molecule has 7 heteroatoms. The van der Waals surface area contributed by atoms with E-state index in [1.807, 2.05) is 57.0 Å². The molecule has 0 aliphatic carbocycles. The normalized spacial score (nSPS) is 17.4. The number of anilines is 1. The Morgan fingerprint density at radius 3 is 2.50 bits per heavy atom. The van der Waals surface area contributed by atoms with Crippen molar-refractivity contribution in [2.75, 3.05) is 32.1 Å². The van der Waals surface area contributed by atoms with Crippen LogP contribution in [0.1, 0.15) is 27.2 Å². The third-order valence-corrected chi connectivity index (χ3v) is 4.41. The fourth-order valence-electron chi connectivity index (χ4n) is 3.06. The van der Waals surface area contributed by atoms with Gasteiger partial charge in [-0.3, -0.25) is 0 Å². The molecule has 140 valence electrons. The van der Waals surface area contributed by atoms with Gasteiger partial charge in [0.2, 0.25) is 0 Å². The number of likely N-dealkylation sites (tertiary alicyclic amines) is 1. The number of hydrogen-bond acceptors (Lipinski definition) is 6. The number of benzene rings is 1. The highest BCUT2D eigenvalue weighted by molar-refractivity contribution is 5.77. The van der Waals surface area contributed by atoms with Crippen molar-refractivity contribution in [1.29, 1.82) is 0 Å². The fraction of sp³-hybridized carbons (Fsp3) is 0.526. The number of likely N-dealkylation sites (N-methyl/N-ethyl adjacent to an activating group) is 1. The van der Waals surface area contributed by atoms with E-state index in [4.69, 9.17) is 14.5 Å². The number of methoxy groups -OCH3 is 1. The lowest BCUT2D eigenvalue weighted by Gasteiger charge is -2.28. The summed E-state index contributed by atoms with van der Waals surface area (Å²) < 4.78 is 10.9. The minimum Gasteiger partial charge on any atom is -0.478 e. The Balaban J connectivity index is 1.78. The van der Waals surface area contributed by atoms with E-state index in [2.05, 4.69) is 4.98 Å². The highest BCUT2D eigenvalue weighted by atomic mass is 16.6. The second-order valence-corrected chi connectivity index (χ2v) is 7.52. The van der Waals surface area contributed by atoms with Crippen molar-refractivity contribution in [1.82, 2.24) is 14.9 Å². The maximum Gasteiger partial charge on any atom is 0.410 e. The molecule has 1 amide bonds. The lowest BCUT2D eigenvalue weighted by molar-refractivity contribution is 0.0292. The number of nitrogens with zero attached hydrogens (tertiary/aromatic N) is 4. The van der Waals surface area contributed by atoms with Gasteiger partial charge in [-0.05, 0) is 39.3 Å². The van der Waals surface area contributed by atoms with E-state index in [1.165, 1.54) is 0 Å². The number of fused-ring (bicyclic) bond motifs is 1. The molecule has 1 atom stereocenters. The van der Waals surface area contributed by atoms with Crippen LogP contribution in [-0.2, 0) is 4.74 Å². The Kier molecular flexibility index (Phi) is 4.89. The summed E-state index contributed by atoms with van der Waals surface area (Å²) in [5, 5.41) is 0. The zero-order valence-corrected chi connectivity index (χ0v) is 16.0. The van der Waals surface area contributed by atoms with Crippen LogP contribution >= 0.6 is 0 Å². The first-order chi connectivity index (χ1) is 12.3. The van der Waals surface area contributed by atoms with Gasteiger partial charge in [-0.2, -0.15) is 0 Å². The summed E-state index contributed by atoms with van der Waals surface area (Å²) in [6.07, 6.45) is 0.567. The molecule has 1 aliphatic heterocycles. The maximum absolute atomic E-state index is 12.3. The Morgan fingerprint density at radius 1 is 1.23 bits per heavy atom. The van der Waals surface area contributed by atoms with Gasteiger partial charge in [0, 0.05) is 26.2 Å². The molecule has 3 rings (SSSR count). The number of amides is 1. The van der Waals surface area contributed by atoms with Gasteiger partial charge in [0.1, 0.15) is 5.60 Å². The molecule has 2 heterocycles. The van der Waals surface area contributed by atoms with Gasteiger partial charge in [0.15, 0.2) is 5.82 Å². The number of carbonyl (C=O) groups is 1. The minimum absolute atomic E-state index is 0.131. The smallest absolute Gasteiger partial charge is 0.410 e. The van der Waals surface area contributed by atoms with Crippen molar-refractivity contribution in [2.45, 2.75) is 38.8 Å². The van der Waals surface area contributed by atoms with Gasteiger partial charge < -0.3 is 19.3 Å². The summed E-state index contributed by atoms with van der Waals surface area (Å²) >= 11 is 0. The molecule has 1 unspecified atom stereocenters. The van der Waals surface area contributed by atoms with Crippen molar-refractivity contribution in [3.63, 3.8) is 0 Å². The average molecular weight is 358 g/mol. The third-order valence-electron chi connectivity index (χ3n) is 4.41. The van der Waals surface area contributed by atoms with Crippen LogP contribution in [0.3, 0.4) is 0 Å². The van der Waals surface area contributed by atoms with Crippen molar-refractivity contribution in [2.24, 2.45) is 0 Å². The predicted octanol–water partition coefficient (Wildman–Crippen LogP) is 3.08. The molecule has 1 fully saturated rings. The maximum atomic E-state index is 12.3. The number of para-hydroxylation sites is 2. The zero-order chi connectivity index (χ0) is 18.9. The summed E-state index contributed by atoms with van der Waals surface area (Å²) in [7, 11) is 3.56. The lowest BCUT2D eigenvalue weighted by atomic mass is 10.2. The van der Waals surface area contributed by atoms with E-state index < -0.39 is 5.60 Å². The van der Waals surface area contributed by atoms with Crippen LogP contribution in [0, 0.1) is 0 Å². The SMILES string of the molecule is COc1nc2ccccc2nc1N(C)C1CCN(C(=O)OC(C)(C)C)C1. The highest BCUT2D eigenvalue weighted by Gasteiger charge is 2.33. The number of rotatable bonds is 3. The van der Waals surface area contributed by atoms with Crippen LogP contribution in [0.4, 0.5) is 10.6 Å². The Bertz CT molecular complexity index is 803. The van der Waals surface area contributed by atoms with E-state index in [9.17, 15) is 4.79 Å². The number of ether oxygens (including phenoxy) is 2. The molecule has 0 spiro atoms. The Labute approximate surface area is 153 Å². The second kappa shape index (κ2) is 6.97. The molecule has 26 heavy (non-hydrogen) atoms. The first-order valence-corrected chi connectivity index (χ1v) is 8.80. The molecule has 1 aliphatic rings. The Morgan fingerprint density at radius 2 is 1.88 bits per heavy atom. The van der Waals surface area contributed by atoms with E-state index in [0.29, 0.717) is 24.8 Å². The molecule has 0 N–H and O–H groups in total. The summed E-state index contributed by atoms with van der Waals surface area (Å²) in [6, 6.07) is 7.84. The first-order valence-electron chi connectivity index (χ1n) is 8.80. The summed E-state index contributed by atoms with van der Waals surface area (Å²) in [4.78, 5) is 25.4. The molecule has 7 nitrogen and oxygen atoms in total. The van der Waals surface area contributed by atoms with Crippen LogP contribution in [0.5, 0.6) is 5.88 Å². The fourth-order valence-corrected chi connectivity index (χ4v) is 3.06. The van der Waals surface area contributed by atoms with E-state index in [-0.39, 0.29) is 12.1 Å². The number of aromatic nitrogens is 2. The first kappa shape index (κ1) is 18.2. The second-order valence-electron chi connectivity index (χ2n) is 7.52. The average Bonchev–Trinajstić information content (AvgIpc) is 3.08. The minimum atomic E-state index is -0.492. The molecule has 0 saturated carbocycles. The van der Waals surface area contributed by atoms with Gasteiger partial charge in [0.25, 0.3) is 5.88 Å². The lowest BCUT2D eigenvalue weighted by Crippen LogP contribution is -2.39. The van der Waals surface area contributed by atoms with E-state index in [1.54, 1.807) is 12.0 Å². The molecular weight excluding hydrogens is 332 g/mol. The van der Waals surface area contributed by atoms with Gasteiger partial charge in [-0.1, -0.05) is 12.1 Å². The largest absolute Gasteiger partial charge is 0.478 e. The number of hydrogen-bond donors (Lipinski definition) is 0. The summed E-state index contributed by atoms with van der Waals surface area (Å²) in [6.45, 7) is 6.87. The molecule has 1 aromatic carbocycles. The van der Waals surface area contributed by atoms with E-state index in [0.717, 1.165) is 17.5 Å². The topological polar surface area (TPSA) is 67.8 Å². The predicted molar refractivity (Wildman–Crippen MR) is 101 cm³/mol. The monoisotopic (exact) mass is 358 g/mol. The van der Waals surface area contributed by atoms with Gasteiger partial charge in [0.05, 0.1) is 18.1 Å². The third kappa shape index (κ3) is 3.81. The summed E-state index contributed by atoms with van der Waals surface area (Å²) in [5.41, 5.74) is 1.12. The van der Waals surface area contributed by atoms with Crippen LogP contribution in [0.25, 0.3) is 11.0 Å². The molecule has 0 radical (unpaired) electrons. The van der Waals surface area contributed by atoms with Gasteiger partial charge >= 0.3 is 6.09 Å². The standard InChI is InChI=1S/C19H26N4O3/c1-19(2,3)26-18(24)23-11-10-13(12-23)22(4)16-17(25-5)21-15-9-7-6-8-14(15)20-16/h6-9,13H,10-12H2,1-5H3. The van der Waals surface area contributed by atoms with Gasteiger partial charge in [-0.15, -0.1) is 0 Å². The van der Waals surface area contributed by atoms with E-state index >= 15 is 0 Å². The highest BCUT2D eigenvalue weighted by Crippen LogP contribution is 2.29. The molecule has 2 aromatic rings. The zero-order valence-electron chi connectivity index (χ0n) is 16.0. The molecule has 1 aromatic heterocycles. The quantitative estimate of drug-likeness (QED) is 0.840. The van der Waals surface area contributed by atoms with Crippen LogP contribution in [0.15, 0.2) is 24.3 Å². The summed E-state index contributed by atoms with van der Waals surface area (Å²) in [5.74, 6) is 1.17. The molecule has 0 bridgehead atoms. The number of carbonyl (C=O) groups excluding carboxylic acids is 1. The van der Waals surface area contributed by atoms with Crippen molar-refractivity contribution in [3.8, 4) is 5.88 Å². The molecular formula is C19H26N4O3. The van der Waals surface area contributed by atoms with Crippen LogP contribution < -0.4 is 9.64 Å². The van der Waals surface area contributed by atoms with Crippen molar-refractivity contribution in [3.05, 3.63) is 24.3 Å².